The number of aromatic nitrogens is 2. The van der Waals surface area contributed by atoms with Crippen molar-refractivity contribution < 1.29 is 13.2 Å². The van der Waals surface area contributed by atoms with Crippen LogP contribution in [0.1, 0.15) is 18.1 Å². The lowest BCUT2D eigenvalue weighted by Gasteiger charge is -2.10. The molecular weight excluding hydrogens is 299 g/mol. The second-order valence-electron chi connectivity index (χ2n) is 4.62. The third-order valence-corrected chi connectivity index (χ3v) is 3.07. The van der Waals surface area contributed by atoms with Crippen LogP contribution in [0.2, 0.25) is 0 Å². The summed E-state index contributed by atoms with van der Waals surface area (Å²) >= 11 is 0. The van der Waals surface area contributed by atoms with E-state index in [4.69, 9.17) is 0 Å². The molecular formula is C14H14F3N3O2. The van der Waals surface area contributed by atoms with Crippen LogP contribution >= 0.6 is 0 Å². The van der Waals surface area contributed by atoms with Crippen LogP contribution in [0.25, 0.3) is 0 Å². The molecule has 0 spiro atoms. The smallest absolute Gasteiger partial charge is 0.367 e. The molecule has 1 heterocycles. The predicted molar refractivity (Wildman–Crippen MR) is 75.8 cm³/mol. The summed E-state index contributed by atoms with van der Waals surface area (Å²) in [6, 6.07) is 6.01. The molecule has 0 saturated heterocycles. The van der Waals surface area contributed by atoms with E-state index < -0.39 is 23.0 Å². The number of benzene rings is 1. The summed E-state index contributed by atoms with van der Waals surface area (Å²) in [7, 11) is 0. The van der Waals surface area contributed by atoms with Crippen LogP contribution in [0.5, 0.6) is 0 Å². The number of H-pyrrole nitrogens is 1. The van der Waals surface area contributed by atoms with Gasteiger partial charge in [0.25, 0.3) is 5.56 Å². The van der Waals surface area contributed by atoms with E-state index in [-0.39, 0.29) is 18.9 Å². The molecule has 0 aliphatic carbocycles. The molecule has 0 aliphatic rings. The highest BCUT2D eigenvalue weighted by Crippen LogP contribution is 2.29. The summed E-state index contributed by atoms with van der Waals surface area (Å²) in [5.74, 6) is 0.164. The van der Waals surface area contributed by atoms with E-state index in [1.807, 2.05) is 0 Å². The molecule has 2 aromatic rings. The van der Waals surface area contributed by atoms with E-state index in [1.165, 1.54) is 18.2 Å². The molecule has 0 fully saturated rings. The maximum atomic E-state index is 12.6. The van der Waals surface area contributed by atoms with Gasteiger partial charge in [0.1, 0.15) is 5.82 Å². The largest absolute Gasteiger partial charge is 0.416 e. The third-order valence-electron chi connectivity index (χ3n) is 3.07. The number of nitrogens with one attached hydrogen (secondary N) is 2. The van der Waals surface area contributed by atoms with Crippen molar-refractivity contribution in [1.29, 1.82) is 0 Å². The number of nitrogens with zero attached hydrogens (tertiary/aromatic N) is 1. The van der Waals surface area contributed by atoms with Gasteiger partial charge in [0.2, 0.25) is 0 Å². The number of alkyl halides is 3. The fourth-order valence-electron chi connectivity index (χ4n) is 1.97. The molecule has 5 nitrogen and oxygen atoms in total. The molecule has 0 bridgehead atoms. The molecule has 8 heteroatoms. The quantitative estimate of drug-likeness (QED) is 0.909. The molecule has 2 rings (SSSR count). The monoisotopic (exact) mass is 313 g/mol. The number of hydrogen-bond acceptors (Lipinski definition) is 3. The van der Waals surface area contributed by atoms with Crippen molar-refractivity contribution in [2.24, 2.45) is 0 Å². The van der Waals surface area contributed by atoms with E-state index >= 15 is 0 Å². The van der Waals surface area contributed by atoms with E-state index in [0.717, 1.165) is 16.7 Å². The minimum atomic E-state index is -4.41. The Balaban J connectivity index is 2.17. The maximum absolute atomic E-state index is 12.6. The van der Waals surface area contributed by atoms with Gasteiger partial charge in [-0.25, -0.2) is 4.79 Å². The molecule has 0 amide bonds. The second-order valence-corrected chi connectivity index (χ2v) is 4.62. The van der Waals surface area contributed by atoms with Gasteiger partial charge < -0.3 is 5.32 Å². The molecule has 22 heavy (non-hydrogen) atoms. The molecule has 1 aromatic carbocycles. The van der Waals surface area contributed by atoms with Gasteiger partial charge in [0.15, 0.2) is 0 Å². The molecule has 118 valence electrons. The molecule has 0 aliphatic heterocycles. The van der Waals surface area contributed by atoms with Gasteiger partial charge >= 0.3 is 11.9 Å². The standard InChI is InChI=1S/C14H14F3N3O2/c1-2-20-12(21)7-11(19-13(20)22)18-8-9-4-3-5-10(6-9)14(15,16)17/h3-7,18H,2,8H2,1H3,(H,19,22). The molecule has 0 atom stereocenters. The summed E-state index contributed by atoms with van der Waals surface area (Å²) in [4.78, 5) is 25.7. The summed E-state index contributed by atoms with van der Waals surface area (Å²) < 4.78 is 38.8. The normalized spacial score (nSPS) is 11.5. The zero-order chi connectivity index (χ0) is 16.3. The second kappa shape index (κ2) is 6.08. The van der Waals surface area contributed by atoms with Gasteiger partial charge in [0.05, 0.1) is 5.56 Å². The van der Waals surface area contributed by atoms with E-state index in [1.54, 1.807) is 6.92 Å². The van der Waals surface area contributed by atoms with Crippen molar-refractivity contribution in [3.05, 3.63) is 62.3 Å². The average molecular weight is 313 g/mol. The molecule has 0 unspecified atom stereocenters. The van der Waals surface area contributed by atoms with Crippen LogP contribution in [0, 0.1) is 0 Å². The molecule has 2 N–H and O–H groups in total. The Morgan fingerprint density at radius 3 is 2.55 bits per heavy atom. The maximum Gasteiger partial charge on any atom is 0.416 e. The highest BCUT2D eigenvalue weighted by Gasteiger charge is 2.30. The van der Waals surface area contributed by atoms with Crippen molar-refractivity contribution in [3.8, 4) is 0 Å². The average Bonchev–Trinajstić information content (AvgIpc) is 2.44. The van der Waals surface area contributed by atoms with Crippen LogP contribution in [0.3, 0.4) is 0 Å². The fourth-order valence-corrected chi connectivity index (χ4v) is 1.97. The first kappa shape index (κ1) is 15.9. The zero-order valence-corrected chi connectivity index (χ0v) is 11.7. The first-order valence-corrected chi connectivity index (χ1v) is 6.55. The number of anilines is 1. The third kappa shape index (κ3) is 3.57. The van der Waals surface area contributed by atoms with E-state index in [9.17, 15) is 22.8 Å². The Kier molecular flexibility index (Phi) is 4.39. The van der Waals surface area contributed by atoms with Crippen molar-refractivity contribution in [2.45, 2.75) is 26.2 Å². The van der Waals surface area contributed by atoms with Crippen LogP contribution in [-0.4, -0.2) is 9.55 Å². The van der Waals surface area contributed by atoms with Crippen LogP contribution in [0.4, 0.5) is 19.0 Å². The van der Waals surface area contributed by atoms with E-state index in [2.05, 4.69) is 10.3 Å². The van der Waals surface area contributed by atoms with Gasteiger partial charge in [-0.2, -0.15) is 13.2 Å². The van der Waals surface area contributed by atoms with Crippen LogP contribution < -0.4 is 16.6 Å². The fraction of sp³-hybridized carbons (Fsp3) is 0.286. The van der Waals surface area contributed by atoms with Gasteiger partial charge in [-0.3, -0.25) is 14.3 Å². The molecule has 0 saturated carbocycles. The first-order chi connectivity index (χ1) is 10.3. The van der Waals surface area contributed by atoms with Crippen LogP contribution in [0.15, 0.2) is 39.9 Å². The van der Waals surface area contributed by atoms with Gasteiger partial charge in [0, 0.05) is 19.2 Å². The number of hydrogen-bond donors (Lipinski definition) is 2. The summed E-state index contributed by atoms with van der Waals surface area (Å²) in [5.41, 5.74) is -1.41. The lowest BCUT2D eigenvalue weighted by molar-refractivity contribution is -0.137. The van der Waals surface area contributed by atoms with Crippen molar-refractivity contribution in [3.63, 3.8) is 0 Å². The zero-order valence-electron chi connectivity index (χ0n) is 11.7. The summed E-state index contributed by atoms with van der Waals surface area (Å²) in [5, 5.41) is 2.74. The number of rotatable bonds is 4. The lowest BCUT2D eigenvalue weighted by Crippen LogP contribution is -2.34. The van der Waals surface area contributed by atoms with Gasteiger partial charge in [-0.15, -0.1) is 0 Å². The molecule has 0 radical (unpaired) electrons. The minimum Gasteiger partial charge on any atom is -0.367 e. The van der Waals surface area contributed by atoms with Crippen molar-refractivity contribution >= 4 is 5.82 Å². The van der Waals surface area contributed by atoms with Crippen molar-refractivity contribution in [1.82, 2.24) is 9.55 Å². The Labute approximate surface area is 123 Å². The Morgan fingerprint density at radius 1 is 1.23 bits per heavy atom. The summed E-state index contributed by atoms with van der Waals surface area (Å²) in [6.45, 7) is 1.95. The first-order valence-electron chi connectivity index (χ1n) is 6.55. The molecule has 1 aromatic heterocycles. The van der Waals surface area contributed by atoms with Gasteiger partial charge in [-0.1, -0.05) is 12.1 Å². The van der Waals surface area contributed by atoms with Crippen LogP contribution in [-0.2, 0) is 19.3 Å². The predicted octanol–water partition coefficient (Wildman–Crippen LogP) is 2.19. The van der Waals surface area contributed by atoms with Gasteiger partial charge in [-0.05, 0) is 24.6 Å². The van der Waals surface area contributed by atoms with Crippen molar-refractivity contribution in [2.75, 3.05) is 5.32 Å². The Hall–Kier alpha value is -2.51. The highest BCUT2D eigenvalue weighted by molar-refractivity contribution is 5.35. The SMILES string of the molecule is CCn1c(=O)cc(NCc2cccc(C(F)(F)F)c2)[nH]c1=O. The minimum absolute atomic E-state index is 0.0510. The Bertz CT molecular complexity index is 747. The Morgan fingerprint density at radius 2 is 1.95 bits per heavy atom. The van der Waals surface area contributed by atoms with E-state index in [0.29, 0.717) is 5.56 Å². The topological polar surface area (TPSA) is 66.9 Å². The summed E-state index contributed by atoms with van der Waals surface area (Å²) in [6.07, 6.45) is -4.41. The highest BCUT2D eigenvalue weighted by atomic mass is 19.4. The number of aromatic amines is 1. The number of halogens is 3. The lowest BCUT2D eigenvalue weighted by atomic mass is 10.1.